The summed E-state index contributed by atoms with van der Waals surface area (Å²) in [6, 6.07) is 9.53. The minimum Gasteiger partial charge on any atom is -0.386 e. The molecule has 1 aromatic rings. The minimum absolute atomic E-state index is 0.541. The van der Waals surface area contributed by atoms with E-state index in [9.17, 15) is 10.2 Å². The van der Waals surface area contributed by atoms with Crippen LogP contribution in [-0.2, 0) is 0 Å². The van der Waals surface area contributed by atoms with Crippen LogP contribution in [0.3, 0.4) is 0 Å². The Morgan fingerprint density at radius 2 is 1.75 bits per heavy atom. The van der Waals surface area contributed by atoms with Gasteiger partial charge in [-0.05, 0) is 18.2 Å². The van der Waals surface area contributed by atoms with Crippen molar-refractivity contribution in [3.05, 3.63) is 59.7 Å². The van der Waals surface area contributed by atoms with Gasteiger partial charge in [-0.25, -0.2) is 0 Å². The summed E-state index contributed by atoms with van der Waals surface area (Å²) in [5, 5.41) is 19.0. The molecule has 1 aliphatic carbocycles. The fraction of sp³-hybridized carbons (Fsp3) is 0.143. The van der Waals surface area contributed by atoms with Crippen molar-refractivity contribution in [3.63, 3.8) is 0 Å². The quantitative estimate of drug-likeness (QED) is 0.635. The van der Waals surface area contributed by atoms with Crippen molar-refractivity contribution < 1.29 is 10.2 Å². The monoisotopic (exact) mass is 212 g/mol. The van der Waals surface area contributed by atoms with E-state index in [2.05, 4.69) is 11.8 Å². The molecule has 2 N–H and O–H groups in total. The molecule has 0 aromatic heterocycles. The number of aliphatic hydroxyl groups excluding tert-OH is 2. The number of hydrogen-bond acceptors (Lipinski definition) is 2. The predicted octanol–water partition coefficient (Wildman–Crippen LogP) is 1.26. The Morgan fingerprint density at radius 3 is 2.50 bits per heavy atom. The molecule has 16 heavy (non-hydrogen) atoms. The summed E-state index contributed by atoms with van der Waals surface area (Å²) in [6.45, 7) is 0. The Hall–Kier alpha value is -1.82. The highest BCUT2D eigenvalue weighted by Gasteiger charge is 2.18. The van der Waals surface area contributed by atoms with Gasteiger partial charge in [-0.3, -0.25) is 0 Å². The second kappa shape index (κ2) is 4.80. The maximum Gasteiger partial charge on any atom is 0.116 e. The number of benzene rings is 1. The molecular weight excluding hydrogens is 200 g/mol. The van der Waals surface area contributed by atoms with Crippen molar-refractivity contribution in [2.75, 3.05) is 0 Å². The summed E-state index contributed by atoms with van der Waals surface area (Å²) in [6.07, 6.45) is 3.18. The van der Waals surface area contributed by atoms with E-state index in [1.165, 1.54) is 0 Å². The van der Waals surface area contributed by atoms with E-state index in [0.29, 0.717) is 5.57 Å². The number of aliphatic hydroxyl groups is 2. The maximum absolute atomic E-state index is 9.64. The van der Waals surface area contributed by atoms with Crippen molar-refractivity contribution in [1.29, 1.82) is 0 Å². The molecule has 1 aromatic carbocycles. The molecule has 0 bridgehead atoms. The molecule has 0 saturated carbocycles. The average Bonchev–Trinajstić information content (AvgIpc) is 2.32. The first-order valence-corrected chi connectivity index (χ1v) is 5.09. The Bertz CT molecular complexity index is 474. The molecule has 0 heterocycles. The van der Waals surface area contributed by atoms with Crippen LogP contribution in [0, 0.1) is 11.8 Å². The lowest BCUT2D eigenvalue weighted by atomic mass is 9.99. The summed E-state index contributed by atoms with van der Waals surface area (Å²) in [5.41, 5.74) is 1.43. The van der Waals surface area contributed by atoms with Crippen LogP contribution in [0.5, 0.6) is 0 Å². The summed E-state index contributed by atoms with van der Waals surface area (Å²) in [5.74, 6) is 5.81. The van der Waals surface area contributed by atoms with E-state index in [4.69, 9.17) is 0 Å². The van der Waals surface area contributed by atoms with Crippen LogP contribution in [0.25, 0.3) is 0 Å². The van der Waals surface area contributed by atoms with Gasteiger partial charge in [0.05, 0.1) is 0 Å². The number of rotatable bonds is 0. The fourth-order valence-corrected chi connectivity index (χ4v) is 1.44. The molecule has 0 radical (unpaired) electrons. The lowest BCUT2D eigenvalue weighted by Gasteiger charge is -2.16. The van der Waals surface area contributed by atoms with Gasteiger partial charge in [-0.2, -0.15) is 0 Å². The van der Waals surface area contributed by atoms with Crippen LogP contribution in [0.15, 0.2) is 54.1 Å². The summed E-state index contributed by atoms with van der Waals surface area (Å²) < 4.78 is 0. The van der Waals surface area contributed by atoms with Crippen molar-refractivity contribution in [2.45, 2.75) is 12.2 Å². The molecule has 2 nitrogen and oxygen atoms in total. The Balaban J connectivity index is 2.20. The highest BCUT2D eigenvalue weighted by Crippen LogP contribution is 2.12. The lowest BCUT2D eigenvalue weighted by Crippen LogP contribution is -2.27. The van der Waals surface area contributed by atoms with E-state index in [-0.39, 0.29) is 0 Å². The van der Waals surface area contributed by atoms with Crippen LogP contribution in [0.1, 0.15) is 5.56 Å². The van der Waals surface area contributed by atoms with Crippen molar-refractivity contribution in [3.8, 4) is 11.8 Å². The molecule has 0 saturated heterocycles. The summed E-state index contributed by atoms with van der Waals surface area (Å²) in [7, 11) is 0. The van der Waals surface area contributed by atoms with Gasteiger partial charge in [0.25, 0.3) is 0 Å². The summed E-state index contributed by atoms with van der Waals surface area (Å²) in [4.78, 5) is 0. The molecule has 2 heteroatoms. The number of allylic oxidation sites excluding steroid dienone is 2. The van der Waals surface area contributed by atoms with Crippen LogP contribution >= 0.6 is 0 Å². The highest BCUT2D eigenvalue weighted by atomic mass is 16.3. The molecule has 0 fully saturated rings. The van der Waals surface area contributed by atoms with E-state index >= 15 is 0 Å². The second-order valence-electron chi connectivity index (χ2n) is 3.56. The van der Waals surface area contributed by atoms with Crippen LogP contribution < -0.4 is 0 Å². The van der Waals surface area contributed by atoms with Gasteiger partial charge in [-0.1, -0.05) is 42.2 Å². The molecule has 2 unspecified atom stereocenters. The average molecular weight is 212 g/mol. The predicted molar refractivity (Wildman–Crippen MR) is 62.6 cm³/mol. The van der Waals surface area contributed by atoms with Gasteiger partial charge in [0.15, 0.2) is 0 Å². The first-order valence-electron chi connectivity index (χ1n) is 5.09. The van der Waals surface area contributed by atoms with E-state index < -0.39 is 12.2 Å². The number of hydrogen-bond donors (Lipinski definition) is 2. The second-order valence-corrected chi connectivity index (χ2v) is 3.56. The van der Waals surface area contributed by atoms with Gasteiger partial charge in [0.1, 0.15) is 12.2 Å². The SMILES string of the molecule is OC1C=CC=C(C#Cc2ccccc2)C1O. The van der Waals surface area contributed by atoms with Gasteiger partial charge in [-0.15, -0.1) is 0 Å². The topological polar surface area (TPSA) is 40.5 Å². The Labute approximate surface area is 94.6 Å². The van der Waals surface area contributed by atoms with Crippen molar-refractivity contribution >= 4 is 0 Å². The molecule has 80 valence electrons. The lowest BCUT2D eigenvalue weighted by molar-refractivity contribution is 0.0745. The normalized spacial score (nSPS) is 23.2. The smallest absolute Gasteiger partial charge is 0.116 e. The third-order valence-electron chi connectivity index (χ3n) is 2.35. The third-order valence-corrected chi connectivity index (χ3v) is 2.35. The molecule has 2 rings (SSSR count). The molecule has 0 amide bonds. The standard InChI is InChI=1S/C14H12O2/c15-13-8-4-7-12(14(13)16)10-9-11-5-2-1-3-6-11/h1-8,13-16H. The fourth-order valence-electron chi connectivity index (χ4n) is 1.44. The van der Waals surface area contributed by atoms with Crippen LogP contribution in [0.2, 0.25) is 0 Å². The van der Waals surface area contributed by atoms with Crippen molar-refractivity contribution in [1.82, 2.24) is 0 Å². The van der Waals surface area contributed by atoms with Gasteiger partial charge in [0.2, 0.25) is 0 Å². The first-order chi connectivity index (χ1) is 7.77. The third kappa shape index (κ3) is 2.40. The van der Waals surface area contributed by atoms with Crippen molar-refractivity contribution in [2.24, 2.45) is 0 Å². The zero-order chi connectivity index (χ0) is 11.4. The largest absolute Gasteiger partial charge is 0.386 e. The van der Waals surface area contributed by atoms with E-state index in [0.717, 1.165) is 5.56 Å². The first kappa shape index (κ1) is 10.7. The van der Waals surface area contributed by atoms with Crippen LogP contribution in [-0.4, -0.2) is 22.4 Å². The summed E-state index contributed by atoms with van der Waals surface area (Å²) >= 11 is 0. The van der Waals surface area contributed by atoms with Gasteiger partial charge < -0.3 is 10.2 Å². The Kier molecular flexibility index (Phi) is 3.21. The highest BCUT2D eigenvalue weighted by molar-refractivity contribution is 5.45. The molecule has 0 spiro atoms. The van der Waals surface area contributed by atoms with E-state index in [1.54, 1.807) is 18.2 Å². The molecule has 1 aliphatic rings. The Morgan fingerprint density at radius 1 is 1.00 bits per heavy atom. The van der Waals surface area contributed by atoms with Gasteiger partial charge in [0, 0.05) is 11.1 Å². The van der Waals surface area contributed by atoms with Crippen LogP contribution in [0.4, 0.5) is 0 Å². The zero-order valence-electron chi connectivity index (χ0n) is 8.67. The zero-order valence-corrected chi connectivity index (χ0v) is 8.67. The molecule has 2 atom stereocenters. The van der Waals surface area contributed by atoms with Gasteiger partial charge >= 0.3 is 0 Å². The van der Waals surface area contributed by atoms with E-state index in [1.807, 2.05) is 30.3 Å². The minimum atomic E-state index is -0.916. The maximum atomic E-state index is 9.64. The molecular formula is C14H12O2. The molecule has 0 aliphatic heterocycles.